The Balaban J connectivity index is 2.58. The fourth-order valence-electron chi connectivity index (χ4n) is 1.79. The first kappa shape index (κ1) is 15.2. The number of rotatable bonds is 6. The second-order valence-electron chi connectivity index (χ2n) is 4.33. The van der Waals surface area contributed by atoms with Crippen LogP contribution in [0.5, 0.6) is 0 Å². The van der Waals surface area contributed by atoms with Gasteiger partial charge >= 0.3 is 0 Å². The summed E-state index contributed by atoms with van der Waals surface area (Å²) in [5.74, 6) is -0.359. The van der Waals surface area contributed by atoms with Crippen LogP contribution in [-0.4, -0.2) is 24.4 Å². The van der Waals surface area contributed by atoms with Crippen LogP contribution in [0.2, 0.25) is 0 Å². The Morgan fingerprint density at radius 2 is 1.89 bits per heavy atom. The quantitative estimate of drug-likeness (QED) is 0.691. The first-order valence-corrected chi connectivity index (χ1v) is 6.42. The monoisotopic (exact) mass is 263 g/mol. The Labute approximate surface area is 113 Å². The van der Waals surface area contributed by atoms with Crippen molar-refractivity contribution in [2.45, 2.75) is 32.9 Å². The number of hydrogen-bond donors (Lipinski definition) is 3. The highest BCUT2D eigenvalue weighted by atomic mass is 16.2. The lowest BCUT2D eigenvalue weighted by molar-refractivity contribution is -0.128. The van der Waals surface area contributed by atoms with Crippen molar-refractivity contribution in [2.75, 3.05) is 6.54 Å². The number of carbonyl (C=O) groups excluding carboxylic acids is 2. The third kappa shape index (κ3) is 4.71. The summed E-state index contributed by atoms with van der Waals surface area (Å²) in [6.45, 7) is 4.45. The summed E-state index contributed by atoms with van der Waals surface area (Å²) >= 11 is 0. The summed E-state index contributed by atoms with van der Waals surface area (Å²) in [6.07, 6.45) is 0.233. The molecule has 0 aliphatic heterocycles. The van der Waals surface area contributed by atoms with Gasteiger partial charge in [0, 0.05) is 13.1 Å². The predicted molar refractivity (Wildman–Crippen MR) is 74.3 cm³/mol. The number of carbonyl (C=O) groups is 2. The molecule has 5 heteroatoms. The Hall–Kier alpha value is -1.88. The van der Waals surface area contributed by atoms with Crippen molar-refractivity contribution in [3.8, 4) is 0 Å². The maximum absolute atomic E-state index is 11.9. The van der Waals surface area contributed by atoms with E-state index in [1.807, 2.05) is 31.2 Å². The summed E-state index contributed by atoms with van der Waals surface area (Å²) in [5, 5.41) is 5.34. The highest BCUT2D eigenvalue weighted by molar-refractivity contribution is 5.88. The van der Waals surface area contributed by atoms with Gasteiger partial charge in [0.05, 0.1) is 6.42 Å². The van der Waals surface area contributed by atoms with E-state index in [1.165, 1.54) is 0 Å². The van der Waals surface area contributed by atoms with Gasteiger partial charge in [-0.25, -0.2) is 0 Å². The normalized spacial score (nSPS) is 11.7. The molecule has 1 rings (SSSR count). The molecule has 2 amide bonds. The van der Waals surface area contributed by atoms with Gasteiger partial charge in [-0.1, -0.05) is 24.3 Å². The Morgan fingerprint density at radius 1 is 1.26 bits per heavy atom. The molecule has 0 aromatic heterocycles. The summed E-state index contributed by atoms with van der Waals surface area (Å²) in [6, 6.07) is 7.00. The molecule has 0 aliphatic rings. The second-order valence-corrected chi connectivity index (χ2v) is 4.33. The zero-order valence-electron chi connectivity index (χ0n) is 11.4. The molecule has 4 N–H and O–H groups in total. The molecule has 0 heterocycles. The van der Waals surface area contributed by atoms with Crippen molar-refractivity contribution in [1.82, 2.24) is 10.6 Å². The Bertz CT molecular complexity index is 446. The number of nitrogens with two attached hydrogens (primary N) is 1. The molecule has 1 aromatic rings. The van der Waals surface area contributed by atoms with Crippen molar-refractivity contribution in [3.05, 3.63) is 35.4 Å². The van der Waals surface area contributed by atoms with Crippen LogP contribution >= 0.6 is 0 Å². The Kier molecular flexibility index (Phi) is 6.02. The van der Waals surface area contributed by atoms with Crippen LogP contribution in [0.4, 0.5) is 0 Å². The van der Waals surface area contributed by atoms with E-state index in [2.05, 4.69) is 10.6 Å². The summed E-state index contributed by atoms with van der Waals surface area (Å²) < 4.78 is 0. The van der Waals surface area contributed by atoms with Gasteiger partial charge in [0.2, 0.25) is 11.8 Å². The molecule has 0 saturated carbocycles. The lowest BCUT2D eigenvalue weighted by atomic mass is 10.0. The molecular formula is C14H21N3O2. The molecule has 0 spiro atoms. The van der Waals surface area contributed by atoms with Gasteiger partial charge < -0.3 is 16.4 Å². The molecule has 104 valence electrons. The highest BCUT2D eigenvalue weighted by Gasteiger charge is 2.15. The number of benzene rings is 1. The van der Waals surface area contributed by atoms with Gasteiger partial charge in [0.25, 0.3) is 0 Å². The van der Waals surface area contributed by atoms with Crippen LogP contribution in [0.1, 0.15) is 25.0 Å². The summed E-state index contributed by atoms with van der Waals surface area (Å²) in [5.41, 5.74) is 7.46. The highest BCUT2D eigenvalue weighted by Crippen LogP contribution is 2.08. The first-order chi connectivity index (χ1) is 9.08. The number of nitrogens with one attached hydrogen (secondary N) is 2. The van der Waals surface area contributed by atoms with Crippen molar-refractivity contribution in [3.63, 3.8) is 0 Å². The van der Waals surface area contributed by atoms with Crippen LogP contribution in [-0.2, 0) is 22.6 Å². The minimum absolute atomic E-state index is 0.178. The van der Waals surface area contributed by atoms with E-state index in [-0.39, 0.29) is 18.2 Å². The average molecular weight is 263 g/mol. The molecule has 0 bridgehead atoms. The van der Waals surface area contributed by atoms with E-state index in [0.717, 1.165) is 11.1 Å². The van der Waals surface area contributed by atoms with Gasteiger partial charge in [-0.05, 0) is 25.0 Å². The fourth-order valence-corrected chi connectivity index (χ4v) is 1.79. The van der Waals surface area contributed by atoms with E-state index in [9.17, 15) is 9.59 Å². The lowest BCUT2D eigenvalue weighted by Gasteiger charge is -2.14. The van der Waals surface area contributed by atoms with Crippen molar-refractivity contribution in [2.24, 2.45) is 5.73 Å². The third-order valence-corrected chi connectivity index (χ3v) is 2.81. The van der Waals surface area contributed by atoms with E-state index >= 15 is 0 Å². The number of amides is 2. The number of hydrogen-bond acceptors (Lipinski definition) is 3. The van der Waals surface area contributed by atoms with Crippen LogP contribution in [0.15, 0.2) is 24.3 Å². The van der Waals surface area contributed by atoms with Crippen LogP contribution in [0.25, 0.3) is 0 Å². The fraction of sp³-hybridized carbons (Fsp3) is 0.429. The van der Waals surface area contributed by atoms with Crippen LogP contribution < -0.4 is 16.4 Å². The van der Waals surface area contributed by atoms with Gasteiger partial charge in [-0.3, -0.25) is 9.59 Å². The zero-order valence-corrected chi connectivity index (χ0v) is 11.4. The predicted octanol–water partition coefficient (Wildman–Crippen LogP) is 0.329. The van der Waals surface area contributed by atoms with E-state index in [4.69, 9.17) is 5.73 Å². The smallest absolute Gasteiger partial charge is 0.242 e. The molecule has 0 fully saturated rings. The van der Waals surface area contributed by atoms with E-state index in [1.54, 1.807) is 6.92 Å². The van der Waals surface area contributed by atoms with Crippen molar-refractivity contribution in [1.29, 1.82) is 0 Å². The van der Waals surface area contributed by atoms with Crippen LogP contribution in [0, 0.1) is 0 Å². The maximum atomic E-state index is 11.9. The third-order valence-electron chi connectivity index (χ3n) is 2.81. The maximum Gasteiger partial charge on any atom is 0.242 e. The summed E-state index contributed by atoms with van der Waals surface area (Å²) in [7, 11) is 0. The molecule has 0 radical (unpaired) electrons. The Morgan fingerprint density at radius 3 is 2.47 bits per heavy atom. The van der Waals surface area contributed by atoms with Gasteiger partial charge in [0.15, 0.2) is 0 Å². The first-order valence-electron chi connectivity index (χ1n) is 6.42. The van der Waals surface area contributed by atoms with Gasteiger partial charge in [-0.2, -0.15) is 0 Å². The molecule has 1 atom stereocenters. The summed E-state index contributed by atoms with van der Waals surface area (Å²) in [4.78, 5) is 23.4. The van der Waals surface area contributed by atoms with Crippen molar-refractivity contribution >= 4 is 11.8 Å². The molecule has 0 saturated heterocycles. The average Bonchev–Trinajstić information content (AvgIpc) is 2.39. The minimum Gasteiger partial charge on any atom is -0.355 e. The van der Waals surface area contributed by atoms with Gasteiger partial charge in [-0.15, -0.1) is 0 Å². The standard InChI is InChI=1S/C14H21N3O2/c1-3-16-14(19)10(2)17-13(18)8-11-6-4-5-7-12(11)9-15/h4-7,10H,3,8-9,15H2,1-2H3,(H,16,19)(H,17,18). The molecule has 1 aromatic carbocycles. The lowest BCUT2D eigenvalue weighted by Crippen LogP contribution is -2.45. The molecule has 5 nitrogen and oxygen atoms in total. The zero-order chi connectivity index (χ0) is 14.3. The number of likely N-dealkylation sites (N-methyl/N-ethyl adjacent to an activating group) is 1. The topological polar surface area (TPSA) is 84.2 Å². The molecule has 19 heavy (non-hydrogen) atoms. The molecular weight excluding hydrogens is 242 g/mol. The molecule has 1 unspecified atom stereocenters. The van der Waals surface area contributed by atoms with E-state index in [0.29, 0.717) is 13.1 Å². The van der Waals surface area contributed by atoms with Crippen molar-refractivity contribution < 1.29 is 9.59 Å². The van der Waals surface area contributed by atoms with Gasteiger partial charge in [0.1, 0.15) is 6.04 Å². The largest absolute Gasteiger partial charge is 0.355 e. The minimum atomic E-state index is -0.530. The SMILES string of the molecule is CCNC(=O)C(C)NC(=O)Cc1ccccc1CN. The second kappa shape index (κ2) is 7.53. The molecule has 0 aliphatic carbocycles. The van der Waals surface area contributed by atoms with E-state index < -0.39 is 6.04 Å². The van der Waals surface area contributed by atoms with Crippen LogP contribution in [0.3, 0.4) is 0 Å².